The molecule has 2 N–H and O–H groups in total. The third kappa shape index (κ3) is 4.93. The lowest BCUT2D eigenvalue weighted by atomic mass is 10.2. The molecule has 2 rings (SSSR count). The minimum atomic E-state index is -0.0347. The van der Waals surface area contributed by atoms with Gasteiger partial charge in [-0.2, -0.15) is 0 Å². The SMILES string of the molecule is CCC(NC(=O)CSCc1ccc(C)cc1)c1ncc[nH]1. The van der Waals surface area contributed by atoms with Crippen LogP contribution in [-0.4, -0.2) is 21.6 Å². The molecule has 4 nitrogen and oxygen atoms in total. The zero-order valence-corrected chi connectivity index (χ0v) is 13.2. The number of hydrogen-bond acceptors (Lipinski definition) is 3. The summed E-state index contributed by atoms with van der Waals surface area (Å²) < 4.78 is 0. The molecule has 1 amide bonds. The highest BCUT2D eigenvalue weighted by atomic mass is 32.2. The number of rotatable bonds is 7. The van der Waals surface area contributed by atoms with E-state index in [1.54, 1.807) is 24.2 Å². The van der Waals surface area contributed by atoms with Crippen molar-refractivity contribution in [2.75, 3.05) is 5.75 Å². The number of thioether (sulfide) groups is 1. The summed E-state index contributed by atoms with van der Waals surface area (Å²) in [5, 5.41) is 3.01. The second kappa shape index (κ2) is 7.88. The maximum Gasteiger partial charge on any atom is 0.230 e. The molecule has 0 spiro atoms. The molecular weight excluding hydrogens is 282 g/mol. The summed E-state index contributed by atoms with van der Waals surface area (Å²) in [7, 11) is 0. The fourth-order valence-corrected chi connectivity index (χ4v) is 2.81. The number of imidazole rings is 1. The summed E-state index contributed by atoms with van der Waals surface area (Å²) in [5.74, 6) is 2.18. The quantitative estimate of drug-likeness (QED) is 0.825. The highest BCUT2D eigenvalue weighted by Gasteiger charge is 2.14. The van der Waals surface area contributed by atoms with Gasteiger partial charge in [-0.25, -0.2) is 4.98 Å². The number of nitrogens with zero attached hydrogens (tertiary/aromatic N) is 1. The summed E-state index contributed by atoms with van der Waals surface area (Å²) >= 11 is 1.63. The number of amides is 1. The van der Waals surface area contributed by atoms with E-state index in [1.807, 2.05) is 6.92 Å². The minimum absolute atomic E-state index is 0.0347. The topological polar surface area (TPSA) is 57.8 Å². The summed E-state index contributed by atoms with van der Waals surface area (Å²) in [6.07, 6.45) is 4.30. The Morgan fingerprint density at radius 1 is 1.38 bits per heavy atom. The van der Waals surface area contributed by atoms with Gasteiger partial charge in [-0.3, -0.25) is 4.79 Å². The monoisotopic (exact) mass is 303 g/mol. The number of benzene rings is 1. The molecule has 2 aromatic rings. The molecule has 1 atom stereocenters. The largest absolute Gasteiger partial charge is 0.347 e. The van der Waals surface area contributed by atoms with Crippen molar-refractivity contribution in [3.8, 4) is 0 Å². The fourth-order valence-electron chi connectivity index (χ4n) is 2.01. The van der Waals surface area contributed by atoms with E-state index in [1.165, 1.54) is 11.1 Å². The first-order valence-electron chi connectivity index (χ1n) is 7.11. The molecule has 0 aliphatic carbocycles. The second-order valence-electron chi connectivity index (χ2n) is 4.98. The van der Waals surface area contributed by atoms with Crippen LogP contribution in [0.4, 0.5) is 0 Å². The number of carbonyl (C=O) groups excluding carboxylic acids is 1. The van der Waals surface area contributed by atoms with Gasteiger partial charge in [0.25, 0.3) is 0 Å². The Balaban J connectivity index is 1.75. The molecule has 0 aliphatic heterocycles. The highest BCUT2D eigenvalue weighted by molar-refractivity contribution is 7.99. The van der Waals surface area contributed by atoms with Crippen LogP contribution >= 0.6 is 11.8 Å². The van der Waals surface area contributed by atoms with Gasteiger partial charge in [0.15, 0.2) is 0 Å². The molecule has 21 heavy (non-hydrogen) atoms. The Hall–Kier alpha value is -1.75. The number of aryl methyl sites for hydroxylation is 1. The van der Waals surface area contributed by atoms with Crippen LogP contribution in [-0.2, 0) is 10.5 Å². The standard InChI is InChI=1S/C16H21N3OS/c1-3-14(16-17-8-9-18-16)19-15(20)11-21-10-13-6-4-12(2)5-7-13/h4-9,14H,3,10-11H2,1-2H3,(H,17,18)(H,19,20). The van der Waals surface area contributed by atoms with Crippen LogP contribution in [0.5, 0.6) is 0 Å². The Morgan fingerprint density at radius 3 is 2.76 bits per heavy atom. The van der Waals surface area contributed by atoms with E-state index in [-0.39, 0.29) is 11.9 Å². The molecule has 0 saturated heterocycles. The van der Waals surface area contributed by atoms with E-state index in [9.17, 15) is 4.79 Å². The summed E-state index contributed by atoms with van der Waals surface area (Å²) in [6.45, 7) is 4.11. The zero-order chi connectivity index (χ0) is 15.1. The molecule has 1 heterocycles. The number of H-pyrrole nitrogens is 1. The van der Waals surface area contributed by atoms with Crippen molar-refractivity contribution >= 4 is 17.7 Å². The molecule has 0 fully saturated rings. The average Bonchev–Trinajstić information content (AvgIpc) is 3.01. The van der Waals surface area contributed by atoms with E-state index in [2.05, 4.69) is 46.5 Å². The number of aromatic nitrogens is 2. The maximum atomic E-state index is 12.0. The van der Waals surface area contributed by atoms with E-state index < -0.39 is 0 Å². The van der Waals surface area contributed by atoms with Gasteiger partial charge >= 0.3 is 0 Å². The zero-order valence-electron chi connectivity index (χ0n) is 12.4. The molecule has 0 radical (unpaired) electrons. The molecule has 0 bridgehead atoms. The first-order chi connectivity index (χ1) is 10.2. The van der Waals surface area contributed by atoms with Gasteiger partial charge in [-0.15, -0.1) is 11.8 Å². The number of aromatic amines is 1. The van der Waals surface area contributed by atoms with Gasteiger partial charge in [-0.1, -0.05) is 36.8 Å². The van der Waals surface area contributed by atoms with Crippen molar-refractivity contribution < 1.29 is 4.79 Å². The van der Waals surface area contributed by atoms with Crippen molar-refractivity contribution in [2.24, 2.45) is 0 Å². The van der Waals surface area contributed by atoms with Crippen LogP contribution in [0.15, 0.2) is 36.7 Å². The lowest BCUT2D eigenvalue weighted by molar-refractivity contribution is -0.119. The molecule has 112 valence electrons. The van der Waals surface area contributed by atoms with Crippen LogP contribution in [0.2, 0.25) is 0 Å². The fraction of sp³-hybridized carbons (Fsp3) is 0.375. The second-order valence-corrected chi connectivity index (χ2v) is 5.97. The molecule has 1 aromatic carbocycles. The molecule has 5 heteroatoms. The van der Waals surface area contributed by atoms with E-state index in [0.29, 0.717) is 5.75 Å². The average molecular weight is 303 g/mol. The van der Waals surface area contributed by atoms with Gasteiger partial charge in [0.2, 0.25) is 5.91 Å². The number of carbonyl (C=O) groups is 1. The predicted octanol–water partition coefficient (Wildman–Crippen LogP) is 3.22. The predicted molar refractivity (Wildman–Crippen MR) is 87.1 cm³/mol. The Labute approximate surface area is 129 Å². The van der Waals surface area contributed by atoms with Gasteiger partial charge in [0, 0.05) is 18.1 Å². The summed E-state index contributed by atoms with van der Waals surface area (Å²) in [4.78, 5) is 19.2. The van der Waals surface area contributed by atoms with Crippen molar-refractivity contribution in [3.05, 3.63) is 53.6 Å². The van der Waals surface area contributed by atoms with Crippen molar-refractivity contribution in [1.82, 2.24) is 15.3 Å². The van der Waals surface area contributed by atoms with Crippen LogP contribution in [0.3, 0.4) is 0 Å². The third-order valence-corrected chi connectivity index (χ3v) is 4.22. The van der Waals surface area contributed by atoms with E-state index >= 15 is 0 Å². The molecule has 1 unspecified atom stereocenters. The van der Waals surface area contributed by atoms with Gasteiger partial charge < -0.3 is 10.3 Å². The van der Waals surface area contributed by atoms with Gasteiger partial charge in [-0.05, 0) is 18.9 Å². The minimum Gasteiger partial charge on any atom is -0.347 e. The van der Waals surface area contributed by atoms with Gasteiger partial charge in [0.1, 0.15) is 5.82 Å². The smallest absolute Gasteiger partial charge is 0.230 e. The summed E-state index contributed by atoms with van der Waals surface area (Å²) in [6, 6.07) is 8.38. The highest BCUT2D eigenvalue weighted by Crippen LogP contribution is 2.15. The molecule has 0 aliphatic rings. The van der Waals surface area contributed by atoms with Gasteiger partial charge in [0.05, 0.1) is 11.8 Å². The van der Waals surface area contributed by atoms with E-state index in [0.717, 1.165) is 18.0 Å². The molecule has 0 saturated carbocycles. The Morgan fingerprint density at radius 2 is 2.14 bits per heavy atom. The van der Waals surface area contributed by atoms with Crippen LogP contribution in [0.1, 0.15) is 36.3 Å². The van der Waals surface area contributed by atoms with E-state index in [4.69, 9.17) is 0 Å². The van der Waals surface area contributed by atoms with Crippen LogP contribution in [0.25, 0.3) is 0 Å². The number of hydrogen-bond donors (Lipinski definition) is 2. The Bertz CT molecular complexity index is 551. The Kier molecular flexibility index (Phi) is 5.87. The number of nitrogens with one attached hydrogen (secondary N) is 2. The summed E-state index contributed by atoms with van der Waals surface area (Å²) in [5.41, 5.74) is 2.50. The maximum absolute atomic E-state index is 12.0. The van der Waals surface area contributed by atoms with Crippen molar-refractivity contribution in [1.29, 1.82) is 0 Å². The lowest BCUT2D eigenvalue weighted by Gasteiger charge is -2.14. The normalized spacial score (nSPS) is 12.1. The van der Waals surface area contributed by atoms with Crippen molar-refractivity contribution in [3.63, 3.8) is 0 Å². The molecular formula is C16H21N3OS. The first-order valence-corrected chi connectivity index (χ1v) is 8.26. The molecule has 1 aromatic heterocycles. The lowest BCUT2D eigenvalue weighted by Crippen LogP contribution is -2.30. The first kappa shape index (κ1) is 15.6. The van der Waals surface area contributed by atoms with Crippen molar-refractivity contribution in [2.45, 2.75) is 32.1 Å². The van der Waals surface area contributed by atoms with Crippen LogP contribution in [0, 0.1) is 6.92 Å². The van der Waals surface area contributed by atoms with Crippen LogP contribution < -0.4 is 5.32 Å². The third-order valence-electron chi connectivity index (χ3n) is 3.22.